The number of rotatable bonds is 3. The Bertz CT molecular complexity index is 858. The molecule has 1 aromatic carbocycles. The Hall–Kier alpha value is -3.29. The Balaban J connectivity index is 1.49. The summed E-state index contributed by atoms with van der Waals surface area (Å²) in [6.07, 6.45) is 0.190. The van der Waals surface area contributed by atoms with Crippen LogP contribution >= 0.6 is 0 Å². The van der Waals surface area contributed by atoms with E-state index in [0.717, 1.165) is 0 Å². The maximum Gasteiger partial charge on any atom is 0.322 e. The number of carbonyl (C=O) groups excluding carboxylic acids is 1. The maximum absolute atomic E-state index is 12.4. The molecule has 0 saturated heterocycles. The summed E-state index contributed by atoms with van der Waals surface area (Å²) in [4.78, 5) is 12.4. The predicted molar refractivity (Wildman–Crippen MR) is 81.6 cm³/mol. The summed E-state index contributed by atoms with van der Waals surface area (Å²) < 4.78 is 21.9. The zero-order valence-corrected chi connectivity index (χ0v) is 12.6. The lowest BCUT2D eigenvalue weighted by Gasteiger charge is -2.30. The van der Waals surface area contributed by atoms with Gasteiger partial charge in [-0.25, -0.2) is 0 Å². The first kappa shape index (κ1) is 14.3. The van der Waals surface area contributed by atoms with E-state index in [9.17, 15) is 4.79 Å². The summed E-state index contributed by atoms with van der Waals surface area (Å²) in [5, 5.41) is 10.1. The molecule has 3 aromatic rings. The summed E-state index contributed by atoms with van der Waals surface area (Å²) in [6, 6.07) is 10.5. The first-order chi connectivity index (χ1) is 11.7. The van der Waals surface area contributed by atoms with Crippen molar-refractivity contribution in [2.75, 3.05) is 5.32 Å². The monoisotopic (exact) mass is 327 g/mol. The highest BCUT2D eigenvalue weighted by atomic mass is 16.6. The van der Waals surface area contributed by atoms with E-state index < -0.39 is 18.1 Å². The fourth-order valence-electron chi connectivity index (χ4n) is 2.36. The van der Waals surface area contributed by atoms with E-state index in [4.69, 9.17) is 18.3 Å². The van der Waals surface area contributed by atoms with Gasteiger partial charge in [-0.15, -0.1) is 5.10 Å². The number of furan rings is 1. The van der Waals surface area contributed by atoms with Crippen LogP contribution in [0.3, 0.4) is 0 Å². The van der Waals surface area contributed by atoms with Crippen molar-refractivity contribution in [3.05, 3.63) is 42.7 Å². The Morgan fingerprint density at radius 3 is 2.62 bits per heavy atom. The Labute approximate surface area is 136 Å². The van der Waals surface area contributed by atoms with Crippen molar-refractivity contribution in [1.29, 1.82) is 0 Å². The number of hydrogen-bond donors (Lipinski definition) is 1. The van der Waals surface area contributed by atoms with Gasteiger partial charge in [0.1, 0.15) is 6.10 Å². The molecule has 1 N–H and O–H groups in total. The van der Waals surface area contributed by atoms with Gasteiger partial charge >= 0.3 is 6.01 Å². The van der Waals surface area contributed by atoms with Crippen molar-refractivity contribution < 1.29 is 23.1 Å². The molecule has 2 unspecified atom stereocenters. The molecule has 0 aliphatic carbocycles. The molecule has 0 fully saturated rings. The van der Waals surface area contributed by atoms with Crippen molar-refractivity contribution >= 4 is 11.9 Å². The van der Waals surface area contributed by atoms with E-state index in [0.29, 0.717) is 17.3 Å². The molecule has 1 aliphatic heterocycles. The van der Waals surface area contributed by atoms with Gasteiger partial charge in [0.25, 0.3) is 11.8 Å². The molecular formula is C16H13N3O5. The number of nitrogens with zero attached hydrogens (tertiary/aromatic N) is 2. The number of anilines is 1. The fourth-order valence-corrected chi connectivity index (χ4v) is 2.36. The molecule has 4 rings (SSSR count). The number of benzene rings is 1. The molecule has 0 saturated carbocycles. The summed E-state index contributed by atoms with van der Waals surface area (Å²) in [7, 11) is 0. The second kappa shape index (κ2) is 5.73. The second-order valence-electron chi connectivity index (χ2n) is 5.19. The molecule has 0 spiro atoms. The Morgan fingerprint density at radius 2 is 1.88 bits per heavy atom. The minimum Gasteiger partial charge on any atom is -0.482 e. The molecule has 1 aliphatic rings. The van der Waals surface area contributed by atoms with E-state index in [1.165, 1.54) is 6.26 Å². The van der Waals surface area contributed by atoms with Crippen LogP contribution in [0.4, 0.5) is 6.01 Å². The van der Waals surface area contributed by atoms with E-state index in [2.05, 4.69) is 15.5 Å². The van der Waals surface area contributed by atoms with Crippen LogP contribution in [0.15, 0.2) is 51.5 Å². The van der Waals surface area contributed by atoms with Gasteiger partial charge in [-0.1, -0.05) is 17.2 Å². The smallest absolute Gasteiger partial charge is 0.322 e. The van der Waals surface area contributed by atoms with Crippen molar-refractivity contribution in [2.45, 2.75) is 19.1 Å². The zero-order valence-electron chi connectivity index (χ0n) is 12.6. The van der Waals surface area contributed by atoms with Gasteiger partial charge in [0.15, 0.2) is 17.3 Å². The number of ether oxygens (including phenoxy) is 2. The Kier molecular flexibility index (Phi) is 3.42. The normalized spacial score (nSPS) is 19.0. The molecule has 8 heteroatoms. The van der Waals surface area contributed by atoms with Crippen LogP contribution in [0.25, 0.3) is 11.7 Å². The average molecular weight is 327 g/mol. The molecule has 122 valence electrons. The third kappa shape index (κ3) is 2.58. The van der Waals surface area contributed by atoms with E-state index in [1.54, 1.807) is 37.3 Å². The summed E-state index contributed by atoms with van der Waals surface area (Å²) >= 11 is 0. The lowest BCUT2D eigenvalue weighted by Crippen LogP contribution is -2.46. The highest BCUT2D eigenvalue weighted by molar-refractivity contribution is 5.93. The molecule has 2 aromatic heterocycles. The van der Waals surface area contributed by atoms with Gasteiger partial charge in [-0.3, -0.25) is 10.1 Å². The molecule has 24 heavy (non-hydrogen) atoms. The maximum atomic E-state index is 12.4. The molecule has 3 heterocycles. The largest absolute Gasteiger partial charge is 0.482 e. The van der Waals surface area contributed by atoms with Gasteiger partial charge in [-0.2, -0.15) is 0 Å². The van der Waals surface area contributed by atoms with Crippen LogP contribution in [0, 0.1) is 0 Å². The van der Waals surface area contributed by atoms with Gasteiger partial charge in [-0.05, 0) is 31.2 Å². The molecule has 2 atom stereocenters. The number of hydrogen-bond acceptors (Lipinski definition) is 7. The van der Waals surface area contributed by atoms with Crippen LogP contribution in [-0.4, -0.2) is 28.3 Å². The van der Waals surface area contributed by atoms with Crippen LogP contribution in [0.1, 0.15) is 6.92 Å². The molecule has 0 bridgehead atoms. The van der Waals surface area contributed by atoms with Crippen LogP contribution in [0.5, 0.6) is 11.5 Å². The minimum atomic E-state index is -0.834. The van der Waals surface area contributed by atoms with E-state index in [1.807, 2.05) is 6.07 Å². The van der Waals surface area contributed by atoms with Crippen LogP contribution in [-0.2, 0) is 4.79 Å². The second-order valence-corrected chi connectivity index (χ2v) is 5.19. The first-order valence-electron chi connectivity index (χ1n) is 7.31. The number of aromatic nitrogens is 2. The number of amides is 1. The average Bonchev–Trinajstić information content (AvgIpc) is 3.25. The van der Waals surface area contributed by atoms with Crippen LogP contribution < -0.4 is 14.8 Å². The molecule has 1 amide bonds. The molecular weight excluding hydrogens is 314 g/mol. The van der Waals surface area contributed by atoms with Gasteiger partial charge in [0.05, 0.1) is 6.26 Å². The number of fused-ring (bicyclic) bond motifs is 1. The van der Waals surface area contributed by atoms with E-state index in [-0.39, 0.29) is 11.9 Å². The molecule has 0 radical (unpaired) electrons. The number of nitrogens with one attached hydrogen (secondary N) is 1. The Morgan fingerprint density at radius 1 is 1.08 bits per heavy atom. The molecule has 8 nitrogen and oxygen atoms in total. The lowest BCUT2D eigenvalue weighted by atomic mass is 10.1. The van der Waals surface area contributed by atoms with Gasteiger partial charge in [0.2, 0.25) is 6.10 Å². The summed E-state index contributed by atoms with van der Waals surface area (Å²) in [6.45, 7) is 1.75. The van der Waals surface area contributed by atoms with Crippen LogP contribution in [0.2, 0.25) is 0 Å². The van der Waals surface area contributed by atoms with Crippen molar-refractivity contribution in [3.63, 3.8) is 0 Å². The quantitative estimate of drug-likeness (QED) is 0.789. The first-order valence-corrected chi connectivity index (χ1v) is 7.31. The lowest BCUT2D eigenvalue weighted by molar-refractivity contribution is -0.128. The third-order valence-electron chi connectivity index (χ3n) is 3.49. The highest BCUT2D eigenvalue weighted by Gasteiger charge is 2.34. The summed E-state index contributed by atoms with van der Waals surface area (Å²) in [5.41, 5.74) is 0. The predicted octanol–water partition coefficient (Wildman–Crippen LogP) is 2.50. The van der Waals surface area contributed by atoms with Crippen molar-refractivity contribution in [2.24, 2.45) is 0 Å². The van der Waals surface area contributed by atoms with Crippen molar-refractivity contribution in [3.8, 4) is 23.1 Å². The highest BCUT2D eigenvalue weighted by Crippen LogP contribution is 2.33. The third-order valence-corrected chi connectivity index (χ3v) is 3.49. The summed E-state index contributed by atoms with van der Waals surface area (Å²) in [5.74, 6) is 1.27. The fraction of sp³-hybridized carbons (Fsp3) is 0.188. The van der Waals surface area contributed by atoms with Gasteiger partial charge in [0, 0.05) is 0 Å². The van der Waals surface area contributed by atoms with E-state index >= 15 is 0 Å². The minimum absolute atomic E-state index is 0.0407. The zero-order chi connectivity index (χ0) is 16.5. The standard InChI is InChI=1S/C16H13N3O5/c1-9-13(23-11-6-3-2-5-10(11)22-9)14(20)17-16-19-18-15(24-16)12-7-4-8-21-12/h2-9,13H,1H3,(H,17,19,20). The van der Waals surface area contributed by atoms with Crippen molar-refractivity contribution in [1.82, 2.24) is 10.2 Å². The number of para-hydroxylation sites is 2. The number of carbonyl (C=O) groups is 1. The van der Waals surface area contributed by atoms with Gasteiger partial charge < -0.3 is 18.3 Å². The topological polar surface area (TPSA) is 99.6 Å². The SMILES string of the molecule is CC1Oc2ccccc2OC1C(=O)Nc1nnc(-c2ccco2)o1.